The molecule has 0 aliphatic rings. The van der Waals surface area contributed by atoms with Gasteiger partial charge in [0.05, 0.1) is 0 Å². The van der Waals surface area contributed by atoms with E-state index in [2.05, 4.69) is 5.32 Å². The molecule has 0 radical (unpaired) electrons. The lowest BCUT2D eigenvalue weighted by molar-refractivity contribution is -0.192. The number of carboxylic acid groups (broad SMARTS) is 1. The molecule has 3 aromatic rings. The fourth-order valence-corrected chi connectivity index (χ4v) is 1.66. The Balaban J connectivity index is 0.000000223. The fourth-order valence-electron chi connectivity index (χ4n) is 1.66. The molecular formula is C20H19F3N2O2. The van der Waals surface area contributed by atoms with Gasteiger partial charge in [0.15, 0.2) is 0 Å². The molecule has 0 fully saturated rings. The standard InChI is InChI=1S/C12H11N.C6H7N.C2HF3O2/c1-3-7-11(8-4-1)13-12-9-5-2-6-10-12;7-6-4-2-1-3-5-6;3-2(4,5)1(6)7/h1-10,13H;1-5H,7H2;(H,6,7). The lowest BCUT2D eigenvalue weighted by Crippen LogP contribution is -2.21. The highest BCUT2D eigenvalue weighted by atomic mass is 19.4. The van der Waals surface area contributed by atoms with Gasteiger partial charge in [0, 0.05) is 17.1 Å². The number of anilines is 3. The van der Waals surface area contributed by atoms with Crippen LogP contribution in [0.2, 0.25) is 0 Å². The van der Waals surface area contributed by atoms with E-state index in [-0.39, 0.29) is 0 Å². The van der Waals surface area contributed by atoms with Crippen LogP contribution in [0.4, 0.5) is 30.2 Å². The van der Waals surface area contributed by atoms with E-state index >= 15 is 0 Å². The number of nitrogens with two attached hydrogens (primary N) is 1. The number of halogens is 3. The van der Waals surface area contributed by atoms with Gasteiger partial charge in [0.1, 0.15) is 0 Å². The van der Waals surface area contributed by atoms with Crippen molar-refractivity contribution in [2.75, 3.05) is 11.1 Å². The second-order valence-corrected chi connectivity index (χ2v) is 5.07. The van der Waals surface area contributed by atoms with Gasteiger partial charge in [-0.2, -0.15) is 13.2 Å². The van der Waals surface area contributed by atoms with Gasteiger partial charge in [-0.25, -0.2) is 4.79 Å². The second-order valence-electron chi connectivity index (χ2n) is 5.07. The van der Waals surface area contributed by atoms with Gasteiger partial charge in [0.25, 0.3) is 0 Å². The Kier molecular flexibility index (Phi) is 8.94. The van der Waals surface area contributed by atoms with Crippen molar-refractivity contribution in [2.45, 2.75) is 6.18 Å². The van der Waals surface area contributed by atoms with Crippen molar-refractivity contribution in [3.8, 4) is 0 Å². The summed E-state index contributed by atoms with van der Waals surface area (Å²) < 4.78 is 31.7. The largest absolute Gasteiger partial charge is 0.490 e. The third-order valence-corrected chi connectivity index (χ3v) is 2.88. The monoisotopic (exact) mass is 376 g/mol. The molecule has 3 rings (SSSR count). The maximum atomic E-state index is 10.6. The number of carboxylic acids is 1. The number of para-hydroxylation sites is 3. The molecule has 0 aliphatic heterocycles. The predicted molar refractivity (Wildman–Crippen MR) is 101 cm³/mol. The topological polar surface area (TPSA) is 75.4 Å². The minimum atomic E-state index is -5.08. The van der Waals surface area contributed by atoms with E-state index in [9.17, 15) is 13.2 Å². The van der Waals surface area contributed by atoms with Crippen LogP contribution in [0.25, 0.3) is 0 Å². The van der Waals surface area contributed by atoms with Crippen LogP contribution in [0.5, 0.6) is 0 Å². The molecule has 0 unspecified atom stereocenters. The van der Waals surface area contributed by atoms with E-state index in [0.29, 0.717) is 0 Å². The number of alkyl halides is 3. The van der Waals surface area contributed by atoms with E-state index < -0.39 is 12.1 Å². The third-order valence-electron chi connectivity index (χ3n) is 2.88. The highest BCUT2D eigenvalue weighted by molar-refractivity contribution is 5.73. The van der Waals surface area contributed by atoms with Crippen molar-refractivity contribution >= 4 is 23.0 Å². The Morgan fingerprint density at radius 3 is 1.26 bits per heavy atom. The number of rotatable bonds is 2. The Morgan fingerprint density at radius 1 is 0.741 bits per heavy atom. The molecule has 0 atom stereocenters. The maximum Gasteiger partial charge on any atom is 0.490 e. The summed E-state index contributed by atoms with van der Waals surface area (Å²) in [6, 6.07) is 29.8. The first-order chi connectivity index (χ1) is 12.8. The van der Waals surface area contributed by atoms with Gasteiger partial charge in [0.2, 0.25) is 0 Å². The molecule has 0 aliphatic carbocycles. The maximum absolute atomic E-state index is 10.6. The van der Waals surface area contributed by atoms with E-state index in [1.54, 1.807) is 0 Å². The quantitative estimate of drug-likeness (QED) is 0.528. The molecule has 27 heavy (non-hydrogen) atoms. The van der Waals surface area contributed by atoms with Crippen LogP contribution in [-0.4, -0.2) is 17.3 Å². The molecule has 4 nitrogen and oxygen atoms in total. The number of nitrogens with one attached hydrogen (secondary N) is 1. The van der Waals surface area contributed by atoms with Crippen LogP contribution in [0.15, 0.2) is 91.0 Å². The van der Waals surface area contributed by atoms with Crippen molar-refractivity contribution in [3.05, 3.63) is 91.0 Å². The Labute approximate surface area is 155 Å². The van der Waals surface area contributed by atoms with Crippen molar-refractivity contribution < 1.29 is 23.1 Å². The summed E-state index contributed by atoms with van der Waals surface area (Å²) in [5.41, 5.74) is 8.42. The molecule has 7 heteroatoms. The zero-order valence-corrected chi connectivity index (χ0v) is 14.2. The van der Waals surface area contributed by atoms with E-state index in [4.69, 9.17) is 15.6 Å². The Bertz CT molecular complexity index is 743. The van der Waals surface area contributed by atoms with Gasteiger partial charge in [-0.1, -0.05) is 54.6 Å². The molecule has 0 bridgehead atoms. The number of hydrogen-bond donors (Lipinski definition) is 3. The van der Waals surface area contributed by atoms with Crippen LogP contribution in [-0.2, 0) is 4.79 Å². The molecule has 142 valence electrons. The summed E-state index contributed by atoms with van der Waals surface area (Å²) in [5, 5.41) is 10.4. The van der Waals surface area contributed by atoms with Gasteiger partial charge in [-0.05, 0) is 36.4 Å². The smallest absolute Gasteiger partial charge is 0.475 e. The average Bonchev–Trinajstić information content (AvgIpc) is 2.64. The van der Waals surface area contributed by atoms with Crippen molar-refractivity contribution in [2.24, 2.45) is 0 Å². The predicted octanol–water partition coefficient (Wildman–Crippen LogP) is 5.33. The molecular weight excluding hydrogens is 357 g/mol. The molecule has 3 aromatic carbocycles. The normalized spacial score (nSPS) is 9.74. The molecule has 0 saturated heterocycles. The van der Waals surface area contributed by atoms with E-state index in [1.807, 2.05) is 91.0 Å². The first-order valence-electron chi connectivity index (χ1n) is 7.77. The average molecular weight is 376 g/mol. The van der Waals surface area contributed by atoms with Crippen LogP contribution in [0.1, 0.15) is 0 Å². The second kappa shape index (κ2) is 11.2. The number of benzene rings is 3. The van der Waals surface area contributed by atoms with Crippen molar-refractivity contribution in [3.63, 3.8) is 0 Å². The third kappa shape index (κ3) is 10.2. The minimum absolute atomic E-state index is 0.822. The molecule has 0 saturated carbocycles. The van der Waals surface area contributed by atoms with Gasteiger partial charge < -0.3 is 16.2 Å². The summed E-state index contributed by atoms with van der Waals surface area (Å²) in [7, 11) is 0. The summed E-state index contributed by atoms with van der Waals surface area (Å²) >= 11 is 0. The van der Waals surface area contributed by atoms with E-state index in [1.165, 1.54) is 0 Å². The highest BCUT2D eigenvalue weighted by Crippen LogP contribution is 2.14. The lowest BCUT2D eigenvalue weighted by atomic mass is 10.3. The first kappa shape index (κ1) is 21.6. The van der Waals surface area contributed by atoms with E-state index in [0.717, 1.165) is 17.1 Å². The zero-order valence-electron chi connectivity index (χ0n) is 14.2. The summed E-state index contributed by atoms with van der Waals surface area (Å²) in [6.07, 6.45) is -5.08. The van der Waals surface area contributed by atoms with Gasteiger partial charge >= 0.3 is 12.1 Å². The number of nitrogen functional groups attached to an aromatic ring is 1. The van der Waals surface area contributed by atoms with Gasteiger partial charge in [-0.3, -0.25) is 0 Å². The van der Waals surface area contributed by atoms with Crippen LogP contribution in [0.3, 0.4) is 0 Å². The first-order valence-corrected chi connectivity index (χ1v) is 7.77. The summed E-state index contributed by atoms with van der Waals surface area (Å²) in [6.45, 7) is 0. The SMILES string of the molecule is Nc1ccccc1.O=C(O)C(F)(F)F.c1ccc(Nc2ccccc2)cc1. The molecule has 4 N–H and O–H groups in total. The Hall–Kier alpha value is -3.48. The van der Waals surface area contributed by atoms with Crippen molar-refractivity contribution in [1.29, 1.82) is 0 Å². The molecule has 0 amide bonds. The zero-order chi connectivity index (χ0) is 20.1. The van der Waals surface area contributed by atoms with Gasteiger partial charge in [-0.15, -0.1) is 0 Å². The Morgan fingerprint density at radius 2 is 1.04 bits per heavy atom. The summed E-state index contributed by atoms with van der Waals surface area (Å²) in [4.78, 5) is 8.90. The number of aliphatic carboxylic acids is 1. The molecule has 0 heterocycles. The molecule has 0 aromatic heterocycles. The van der Waals surface area contributed by atoms with Crippen LogP contribution < -0.4 is 11.1 Å². The van der Waals surface area contributed by atoms with Crippen molar-refractivity contribution in [1.82, 2.24) is 0 Å². The summed E-state index contributed by atoms with van der Waals surface area (Å²) in [5.74, 6) is -2.76. The highest BCUT2D eigenvalue weighted by Gasteiger charge is 2.38. The number of carbonyl (C=O) groups is 1. The molecule has 0 spiro atoms. The minimum Gasteiger partial charge on any atom is -0.475 e. The fraction of sp³-hybridized carbons (Fsp3) is 0.0500. The lowest BCUT2D eigenvalue weighted by Gasteiger charge is -2.04. The van der Waals surface area contributed by atoms with Crippen LogP contribution >= 0.6 is 0 Å². The number of hydrogen-bond acceptors (Lipinski definition) is 3. The van der Waals surface area contributed by atoms with Crippen LogP contribution in [0, 0.1) is 0 Å².